The summed E-state index contributed by atoms with van der Waals surface area (Å²) in [7, 11) is 0. The number of hydrogen-bond donors (Lipinski definition) is 2. The molecular formula is C20H28N4. The van der Waals surface area contributed by atoms with Gasteiger partial charge in [0.15, 0.2) is 0 Å². The van der Waals surface area contributed by atoms with E-state index in [1.807, 2.05) is 36.7 Å². The van der Waals surface area contributed by atoms with Crippen molar-refractivity contribution in [1.82, 2.24) is 20.6 Å². The van der Waals surface area contributed by atoms with Gasteiger partial charge in [0, 0.05) is 36.6 Å². The fraction of sp³-hybridized carbons (Fsp3) is 0.500. The highest BCUT2D eigenvalue weighted by molar-refractivity contribution is 5.12. The first-order chi connectivity index (χ1) is 11.6. The van der Waals surface area contributed by atoms with E-state index in [1.54, 1.807) is 0 Å². The van der Waals surface area contributed by atoms with Gasteiger partial charge in [-0.3, -0.25) is 9.97 Å². The van der Waals surface area contributed by atoms with Crippen LogP contribution in [0, 0.1) is 0 Å². The van der Waals surface area contributed by atoms with E-state index < -0.39 is 0 Å². The molecular weight excluding hydrogens is 296 g/mol. The number of aromatic nitrogens is 2. The summed E-state index contributed by atoms with van der Waals surface area (Å²) in [4.78, 5) is 8.89. The van der Waals surface area contributed by atoms with Crippen molar-refractivity contribution in [2.45, 2.75) is 63.7 Å². The van der Waals surface area contributed by atoms with Crippen LogP contribution in [-0.2, 0) is 13.1 Å². The first kappa shape index (κ1) is 17.1. The van der Waals surface area contributed by atoms with Crippen molar-refractivity contribution in [3.8, 4) is 0 Å². The lowest BCUT2D eigenvalue weighted by atomic mass is 9.68. The van der Waals surface area contributed by atoms with Crippen LogP contribution in [0.4, 0.5) is 0 Å². The van der Waals surface area contributed by atoms with Gasteiger partial charge in [-0.25, -0.2) is 0 Å². The molecule has 2 N–H and O–H groups in total. The van der Waals surface area contributed by atoms with Gasteiger partial charge in [0.05, 0.1) is 11.4 Å². The number of rotatable bonds is 6. The summed E-state index contributed by atoms with van der Waals surface area (Å²) < 4.78 is 0. The van der Waals surface area contributed by atoms with Crippen molar-refractivity contribution in [2.75, 3.05) is 0 Å². The van der Waals surface area contributed by atoms with Crippen molar-refractivity contribution in [3.05, 3.63) is 60.2 Å². The lowest BCUT2D eigenvalue weighted by molar-refractivity contribution is 0.0974. The second kappa shape index (κ2) is 7.41. The van der Waals surface area contributed by atoms with E-state index in [0.717, 1.165) is 24.5 Å². The second-order valence-electron chi connectivity index (χ2n) is 7.22. The molecule has 0 spiro atoms. The predicted octanol–water partition coefficient (Wildman–Crippen LogP) is 3.45. The highest BCUT2D eigenvalue weighted by Crippen LogP contribution is 2.37. The summed E-state index contributed by atoms with van der Waals surface area (Å²) in [6, 6.07) is 12.2. The predicted molar refractivity (Wildman–Crippen MR) is 97.4 cm³/mol. The maximum atomic E-state index is 4.44. The van der Waals surface area contributed by atoms with Crippen LogP contribution in [0.2, 0.25) is 0 Å². The summed E-state index contributed by atoms with van der Waals surface area (Å²) in [5, 5.41) is 7.59. The van der Waals surface area contributed by atoms with Crippen LogP contribution in [0.25, 0.3) is 0 Å². The molecule has 0 bridgehead atoms. The SMILES string of the molecule is CC1(NCc2ccccn2)CCCCC1(C)NCc1ccccn1. The van der Waals surface area contributed by atoms with Crippen LogP contribution in [0.5, 0.6) is 0 Å². The van der Waals surface area contributed by atoms with Crippen molar-refractivity contribution in [3.63, 3.8) is 0 Å². The van der Waals surface area contributed by atoms with E-state index in [4.69, 9.17) is 0 Å². The second-order valence-corrected chi connectivity index (χ2v) is 7.22. The number of hydrogen-bond acceptors (Lipinski definition) is 4. The van der Waals surface area contributed by atoms with Gasteiger partial charge in [-0.05, 0) is 51.0 Å². The third-order valence-corrected chi connectivity index (χ3v) is 5.59. The van der Waals surface area contributed by atoms with Gasteiger partial charge >= 0.3 is 0 Å². The van der Waals surface area contributed by atoms with Crippen molar-refractivity contribution < 1.29 is 0 Å². The molecule has 0 saturated heterocycles. The molecule has 2 heterocycles. The number of pyridine rings is 2. The maximum Gasteiger partial charge on any atom is 0.0541 e. The zero-order chi connectivity index (χ0) is 16.9. The van der Waals surface area contributed by atoms with Crippen LogP contribution in [0.3, 0.4) is 0 Å². The largest absolute Gasteiger partial charge is 0.304 e. The van der Waals surface area contributed by atoms with Gasteiger partial charge in [-0.2, -0.15) is 0 Å². The molecule has 0 aliphatic heterocycles. The van der Waals surface area contributed by atoms with Gasteiger partial charge in [0.1, 0.15) is 0 Å². The number of nitrogens with one attached hydrogen (secondary N) is 2. The van der Waals surface area contributed by atoms with E-state index in [0.29, 0.717) is 0 Å². The molecule has 2 atom stereocenters. The molecule has 1 fully saturated rings. The summed E-state index contributed by atoms with van der Waals surface area (Å²) >= 11 is 0. The highest BCUT2D eigenvalue weighted by atomic mass is 15.1. The Kier molecular flexibility index (Phi) is 5.27. The molecule has 24 heavy (non-hydrogen) atoms. The topological polar surface area (TPSA) is 49.8 Å². The zero-order valence-corrected chi connectivity index (χ0v) is 14.8. The minimum absolute atomic E-state index is 0.0392. The molecule has 4 nitrogen and oxygen atoms in total. The molecule has 1 saturated carbocycles. The van der Waals surface area contributed by atoms with Gasteiger partial charge in [-0.15, -0.1) is 0 Å². The van der Waals surface area contributed by atoms with Gasteiger partial charge in [0.2, 0.25) is 0 Å². The summed E-state index contributed by atoms with van der Waals surface area (Å²) in [6.45, 7) is 6.30. The Morgan fingerprint density at radius 3 is 1.62 bits per heavy atom. The van der Waals surface area contributed by atoms with Crippen LogP contribution in [0.1, 0.15) is 50.9 Å². The molecule has 128 valence electrons. The molecule has 2 aromatic heterocycles. The minimum atomic E-state index is 0.0392. The molecule has 2 aromatic rings. The Bertz CT molecular complexity index is 573. The van der Waals surface area contributed by atoms with E-state index in [9.17, 15) is 0 Å². The van der Waals surface area contributed by atoms with E-state index in [1.165, 1.54) is 25.7 Å². The van der Waals surface area contributed by atoms with Gasteiger partial charge in [-0.1, -0.05) is 25.0 Å². The normalized spacial score (nSPS) is 27.1. The molecule has 0 radical (unpaired) electrons. The Labute approximate surface area is 145 Å². The Hall–Kier alpha value is -1.78. The van der Waals surface area contributed by atoms with Crippen molar-refractivity contribution in [2.24, 2.45) is 0 Å². The molecule has 1 aliphatic carbocycles. The lowest BCUT2D eigenvalue weighted by Gasteiger charge is -2.51. The lowest BCUT2D eigenvalue weighted by Crippen LogP contribution is -2.67. The summed E-state index contributed by atoms with van der Waals surface area (Å²) in [5.74, 6) is 0. The molecule has 0 aromatic carbocycles. The van der Waals surface area contributed by atoms with E-state index >= 15 is 0 Å². The Morgan fingerprint density at radius 1 is 0.792 bits per heavy atom. The first-order valence-corrected chi connectivity index (χ1v) is 8.91. The molecule has 0 amide bonds. The van der Waals surface area contributed by atoms with Gasteiger partial charge < -0.3 is 10.6 Å². The van der Waals surface area contributed by atoms with Crippen LogP contribution in [-0.4, -0.2) is 21.0 Å². The van der Waals surface area contributed by atoms with Crippen LogP contribution in [0.15, 0.2) is 48.8 Å². The average molecular weight is 324 g/mol. The summed E-state index contributed by atoms with van der Waals surface area (Å²) in [5.41, 5.74) is 2.27. The summed E-state index contributed by atoms with van der Waals surface area (Å²) in [6.07, 6.45) is 8.60. The fourth-order valence-corrected chi connectivity index (χ4v) is 3.65. The fourth-order valence-electron chi connectivity index (χ4n) is 3.65. The van der Waals surface area contributed by atoms with E-state index in [2.05, 4.69) is 46.6 Å². The van der Waals surface area contributed by atoms with Crippen molar-refractivity contribution in [1.29, 1.82) is 0 Å². The molecule has 2 unspecified atom stereocenters. The quantitative estimate of drug-likeness (QED) is 0.854. The third-order valence-electron chi connectivity index (χ3n) is 5.59. The Morgan fingerprint density at radius 2 is 1.25 bits per heavy atom. The van der Waals surface area contributed by atoms with E-state index in [-0.39, 0.29) is 11.1 Å². The molecule has 3 rings (SSSR count). The highest BCUT2D eigenvalue weighted by Gasteiger charge is 2.45. The maximum absolute atomic E-state index is 4.44. The standard InChI is InChI=1S/C20H28N4/c1-19(23-15-17-9-3-7-13-21-17)11-5-6-12-20(19,2)24-16-18-10-4-8-14-22-18/h3-4,7-10,13-14,23-24H,5-6,11-12,15-16H2,1-2H3. The van der Waals surface area contributed by atoms with Crippen LogP contribution >= 0.6 is 0 Å². The zero-order valence-electron chi connectivity index (χ0n) is 14.8. The monoisotopic (exact) mass is 324 g/mol. The smallest absolute Gasteiger partial charge is 0.0541 e. The van der Waals surface area contributed by atoms with Crippen LogP contribution < -0.4 is 10.6 Å². The van der Waals surface area contributed by atoms with Crippen molar-refractivity contribution >= 4 is 0 Å². The average Bonchev–Trinajstić information content (AvgIpc) is 2.63. The first-order valence-electron chi connectivity index (χ1n) is 8.91. The molecule has 4 heteroatoms. The number of nitrogens with zero attached hydrogens (tertiary/aromatic N) is 2. The Balaban J connectivity index is 1.68. The molecule has 1 aliphatic rings. The third kappa shape index (κ3) is 3.82. The minimum Gasteiger partial charge on any atom is -0.304 e. The van der Waals surface area contributed by atoms with Gasteiger partial charge in [0.25, 0.3) is 0 Å².